The molecule has 0 aliphatic carbocycles. The zero-order chi connectivity index (χ0) is 10.8. The molecule has 0 aromatic heterocycles. The van der Waals surface area contributed by atoms with Gasteiger partial charge in [-0.05, 0) is 0 Å². The molecular formula is C10H21N2O2+. The molecule has 1 aliphatic rings. The molecule has 0 aromatic rings. The lowest BCUT2D eigenvalue weighted by Crippen LogP contribution is -2.47. The number of quaternary nitrogens is 1. The number of hydrogen-bond acceptors (Lipinski definition) is 2. The van der Waals surface area contributed by atoms with Gasteiger partial charge in [-0.25, -0.2) is 4.79 Å². The molecule has 0 N–H and O–H groups in total. The third-order valence-electron chi connectivity index (χ3n) is 3.02. The van der Waals surface area contributed by atoms with Gasteiger partial charge in [0, 0.05) is 26.9 Å². The maximum atomic E-state index is 11.2. The number of hydrogen-bond donors (Lipinski definition) is 0. The molecule has 0 unspecified atom stereocenters. The first-order chi connectivity index (χ1) is 6.43. The number of likely N-dealkylation sites (N-methyl/N-ethyl adjacent to an activating group) is 1. The molecule has 0 bridgehead atoms. The molecule has 14 heavy (non-hydrogen) atoms. The molecule has 0 spiro atoms. The third kappa shape index (κ3) is 2.61. The van der Waals surface area contributed by atoms with Gasteiger partial charge in [0.2, 0.25) is 0 Å². The van der Waals surface area contributed by atoms with E-state index in [0.29, 0.717) is 12.6 Å². The van der Waals surface area contributed by atoms with Crippen LogP contribution in [0.15, 0.2) is 0 Å². The van der Waals surface area contributed by atoms with Crippen LogP contribution in [0.4, 0.5) is 4.79 Å². The average molecular weight is 201 g/mol. The highest BCUT2D eigenvalue weighted by Gasteiger charge is 2.34. The molecule has 4 nitrogen and oxygen atoms in total. The second kappa shape index (κ2) is 4.17. The molecular weight excluding hydrogens is 180 g/mol. The van der Waals surface area contributed by atoms with Crippen molar-refractivity contribution in [3.05, 3.63) is 0 Å². The first-order valence-corrected chi connectivity index (χ1v) is 5.10. The number of nitrogens with zero attached hydrogens (tertiary/aromatic N) is 2. The number of rotatable bonds is 2. The predicted octanol–water partition coefficient (Wildman–Crippen LogP) is 0.923. The minimum atomic E-state index is -0.239. The van der Waals surface area contributed by atoms with Crippen LogP contribution in [-0.4, -0.2) is 62.9 Å². The Bertz CT molecular complexity index is 214. The number of likely N-dealkylation sites (tertiary alicyclic amines) is 1. The molecule has 1 rings (SSSR count). The van der Waals surface area contributed by atoms with Gasteiger partial charge in [-0.2, -0.15) is 0 Å². The Morgan fingerprint density at radius 1 is 1.50 bits per heavy atom. The molecule has 1 amide bonds. The summed E-state index contributed by atoms with van der Waals surface area (Å²) in [4.78, 5) is 12.7. The van der Waals surface area contributed by atoms with Crippen molar-refractivity contribution < 1.29 is 14.0 Å². The summed E-state index contributed by atoms with van der Waals surface area (Å²) in [6.07, 6.45) is 2.15. The molecule has 4 heteroatoms. The standard InChI is InChI=1S/C10H21N2O2/c1-11(2)10(13)14-8-9-6-5-7-12(9,3)4/h9H,5-8H2,1-4H3/q+1/t9-/m1/s1. The van der Waals surface area contributed by atoms with Crippen LogP contribution in [0.1, 0.15) is 12.8 Å². The third-order valence-corrected chi connectivity index (χ3v) is 3.02. The van der Waals surface area contributed by atoms with Crippen LogP contribution in [0.3, 0.4) is 0 Å². The summed E-state index contributed by atoms with van der Waals surface area (Å²) in [5, 5.41) is 0. The van der Waals surface area contributed by atoms with E-state index < -0.39 is 0 Å². The smallest absolute Gasteiger partial charge is 0.409 e. The Morgan fingerprint density at radius 3 is 2.57 bits per heavy atom. The number of carbonyl (C=O) groups is 1. The summed E-state index contributed by atoms with van der Waals surface area (Å²) in [6, 6.07) is 0.471. The van der Waals surface area contributed by atoms with Crippen molar-refractivity contribution in [2.45, 2.75) is 18.9 Å². The minimum absolute atomic E-state index is 0.239. The summed E-state index contributed by atoms with van der Waals surface area (Å²) >= 11 is 0. The van der Waals surface area contributed by atoms with Gasteiger partial charge in [-0.1, -0.05) is 0 Å². The van der Waals surface area contributed by atoms with E-state index in [2.05, 4.69) is 14.1 Å². The Kier molecular flexibility index (Phi) is 3.37. The maximum absolute atomic E-state index is 11.2. The van der Waals surface area contributed by atoms with Crippen LogP contribution in [0.25, 0.3) is 0 Å². The van der Waals surface area contributed by atoms with Gasteiger partial charge in [-0.15, -0.1) is 0 Å². The quantitative estimate of drug-likeness (QED) is 0.622. The Balaban J connectivity index is 2.35. The summed E-state index contributed by atoms with van der Waals surface area (Å²) < 4.78 is 6.17. The van der Waals surface area contributed by atoms with E-state index in [-0.39, 0.29) is 6.09 Å². The normalized spacial score (nSPS) is 24.7. The molecule has 1 atom stereocenters. The fraction of sp³-hybridized carbons (Fsp3) is 0.900. The fourth-order valence-electron chi connectivity index (χ4n) is 1.85. The van der Waals surface area contributed by atoms with Gasteiger partial charge in [-0.3, -0.25) is 0 Å². The molecule has 0 radical (unpaired) electrons. The van der Waals surface area contributed by atoms with E-state index in [4.69, 9.17) is 4.74 Å². The van der Waals surface area contributed by atoms with Gasteiger partial charge in [0.1, 0.15) is 12.6 Å². The SMILES string of the molecule is CN(C)C(=O)OC[C@H]1CCC[N+]1(C)C. The lowest BCUT2D eigenvalue weighted by molar-refractivity contribution is -0.902. The number of carbonyl (C=O) groups excluding carboxylic acids is 1. The van der Waals surface area contributed by atoms with Gasteiger partial charge in [0.15, 0.2) is 0 Å². The molecule has 82 valence electrons. The monoisotopic (exact) mass is 201 g/mol. The highest BCUT2D eigenvalue weighted by atomic mass is 16.6. The predicted molar refractivity (Wildman–Crippen MR) is 55.0 cm³/mol. The van der Waals surface area contributed by atoms with Crippen molar-refractivity contribution in [1.82, 2.24) is 4.90 Å². The van der Waals surface area contributed by atoms with E-state index in [1.165, 1.54) is 17.9 Å². The van der Waals surface area contributed by atoms with Crippen LogP contribution in [0.5, 0.6) is 0 Å². The summed E-state index contributed by atoms with van der Waals surface area (Å²) in [5.41, 5.74) is 0. The fourth-order valence-corrected chi connectivity index (χ4v) is 1.85. The van der Waals surface area contributed by atoms with Crippen molar-refractivity contribution in [2.75, 3.05) is 41.3 Å². The number of ether oxygens (including phenoxy) is 1. The number of amides is 1. The minimum Gasteiger partial charge on any atom is -0.443 e. The maximum Gasteiger partial charge on any atom is 0.409 e. The van der Waals surface area contributed by atoms with Gasteiger partial charge in [0.05, 0.1) is 20.6 Å². The summed E-state index contributed by atoms with van der Waals surface area (Å²) in [5.74, 6) is 0. The van der Waals surface area contributed by atoms with Crippen molar-refractivity contribution >= 4 is 6.09 Å². The van der Waals surface area contributed by atoms with Crippen molar-refractivity contribution in [3.63, 3.8) is 0 Å². The summed E-state index contributed by atoms with van der Waals surface area (Å²) in [7, 11) is 7.80. The highest BCUT2D eigenvalue weighted by molar-refractivity contribution is 5.66. The highest BCUT2D eigenvalue weighted by Crippen LogP contribution is 2.22. The van der Waals surface area contributed by atoms with Crippen molar-refractivity contribution in [1.29, 1.82) is 0 Å². The van der Waals surface area contributed by atoms with E-state index in [9.17, 15) is 4.79 Å². The zero-order valence-corrected chi connectivity index (χ0v) is 9.62. The van der Waals surface area contributed by atoms with Crippen molar-refractivity contribution in [3.8, 4) is 0 Å². The second-order valence-electron chi connectivity index (χ2n) is 4.77. The molecule has 0 saturated carbocycles. The lowest BCUT2D eigenvalue weighted by Gasteiger charge is -2.31. The van der Waals surface area contributed by atoms with Crippen LogP contribution < -0.4 is 0 Å². The Hall–Kier alpha value is -0.770. The van der Waals surface area contributed by atoms with E-state index >= 15 is 0 Å². The van der Waals surface area contributed by atoms with Crippen LogP contribution in [0.2, 0.25) is 0 Å². The molecule has 1 heterocycles. The molecule has 1 aliphatic heterocycles. The first-order valence-electron chi connectivity index (χ1n) is 5.10. The zero-order valence-electron chi connectivity index (χ0n) is 9.62. The van der Waals surface area contributed by atoms with Gasteiger partial charge in [0.25, 0.3) is 0 Å². The largest absolute Gasteiger partial charge is 0.443 e. The Labute approximate surface area is 86.0 Å². The van der Waals surface area contributed by atoms with Gasteiger partial charge < -0.3 is 14.1 Å². The average Bonchev–Trinajstić information content (AvgIpc) is 2.40. The van der Waals surface area contributed by atoms with E-state index in [1.807, 2.05) is 0 Å². The van der Waals surface area contributed by atoms with Crippen LogP contribution in [0, 0.1) is 0 Å². The lowest BCUT2D eigenvalue weighted by atomic mass is 10.2. The first kappa shape index (κ1) is 11.3. The van der Waals surface area contributed by atoms with E-state index in [1.54, 1.807) is 14.1 Å². The molecule has 1 saturated heterocycles. The Morgan fingerprint density at radius 2 is 2.14 bits per heavy atom. The van der Waals surface area contributed by atoms with E-state index in [0.717, 1.165) is 10.9 Å². The van der Waals surface area contributed by atoms with Crippen LogP contribution >= 0.6 is 0 Å². The topological polar surface area (TPSA) is 29.5 Å². The summed E-state index contributed by atoms with van der Waals surface area (Å²) in [6.45, 7) is 1.73. The van der Waals surface area contributed by atoms with Gasteiger partial charge >= 0.3 is 6.09 Å². The molecule has 1 fully saturated rings. The molecule has 0 aromatic carbocycles. The van der Waals surface area contributed by atoms with Crippen molar-refractivity contribution in [2.24, 2.45) is 0 Å². The second-order valence-corrected chi connectivity index (χ2v) is 4.77. The van der Waals surface area contributed by atoms with Crippen LogP contribution in [-0.2, 0) is 4.74 Å².